The fourth-order valence-electron chi connectivity index (χ4n) is 6.26. The summed E-state index contributed by atoms with van der Waals surface area (Å²) in [5, 5.41) is 28.1. The normalized spacial score (nSPS) is 21.5. The summed E-state index contributed by atoms with van der Waals surface area (Å²) < 4.78 is 5.16. The summed E-state index contributed by atoms with van der Waals surface area (Å²) in [7, 11) is 0. The minimum absolute atomic E-state index is 0.187. The molecular weight excluding hydrogens is 590 g/mol. The van der Waals surface area contributed by atoms with Gasteiger partial charge >= 0.3 is 0 Å². The first-order chi connectivity index (χ1) is 21.5. The Morgan fingerprint density at radius 3 is 2.38 bits per heavy atom. The van der Waals surface area contributed by atoms with Gasteiger partial charge in [-0.15, -0.1) is 11.8 Å². The van der Waals surface area contributed by atoms with Crippen LogP contribution in [0.1, 0.15) is 47.7 Å². The largest absolute Gasteiger partial charge is 0.483 e. The molecule has 10 heteroatoms. The van der Waals surface area contributed by atoms with Gasteiger partial charge < -0.3 is 30.5 Å². The van der Waals surface area contributed by atoms with Gasteiger partial charge in [0.2, 0.25) is 5.91 Å². The number of aryl methyl sites for hydroxylation is 2. The summed E-state index contributed by atoms with van der Waals surface area (Å²) in [6, 6.07) is 20.1. The van der Waals surface area contributed by atoms with Crippen LogP contribution < -0.4 is 15.4 Å². The molecule has 0 aromatic heterocycles. The number of nitrogens with zero attached hydrogens (tertiary/aromatic N) is 1. The number of carbonyl (C=O) groups is 3. The number of rotatable bonds is 10. The lowest BCUT2D eigenvalue weighted by Gasteiger charge is -2.34. The number of ether oxygens (including phenoxy) is 1. The Labute approximate surface area is 268 Å². The number of benzene rings is 3. The van der Waals surface area contributed by atoms with Gasteiger partial charge in [-0.25, -0.2) is 0 Å². The molecular formula is C35H41N3O6S. The Balaban J connectivity index is 1.33. The highest BCUT2D eigenvalue weighted by Crippen LogP contribution is 2.41. The predicted octanol–water partition coefficient (Wildman–Crippen LogP) is 3.23. The van der Waals surface area contributed by atoms with Crippen LogP contribution in [0.3, 0.4) is 0 Å². The van der Waals surface area contributed by atoms with Crippen LogP contribution in [0, 0.1) is 13.8 Å². The molecule has 2 aliphatic rings. The summed E-state index contributed by atoms with van der Waals surface area (Å²) in [5.41, 5.74) is 4.44. The van der Waals surface area contributed by atoms with Gasteiger partial charge in [-0.05, 0) is 61.9 Å². The van der Waals surface area contributed by atoms with Crippen molar-refractivity contribution < 1.29 is 29.3 Å². The molecule has 1 aliphatic heterocycles. The van der Waals surface area contributed by atoms with E-state index in [1.807, 2.05) is 100 Å². The van der Waals surface area contributed by atoms with Crippen molar-refractivity contribution in [3.63, 3.8) is 0 Å². The number of carbonyl (C=O) groups excluding carboxylic acids is 3. The zero-order chi connectivity index (χ0) is 32.3. The number of fused-ring (bicyclic) bond motifs is 1. The average Bonchev–Trinajstić information content (AvgIpc) is 3.50. The number of aliphatic hydroxyl groups excluding tert-OH is 2. The van der Waals surface area contributed by atoms with Crippen molar-refractivity contribution in [2.24, 2.45) is 0 Å². The molecule has 238 valence electrons. The van der Waals surface area contributed by atoms with Gasteiger partial charge in [-0.2, -0.15) is 0 Å². The molecule has 1 fully saturated rings. The third-order valence-corrected chi connectivity index (χ3v) is 9.99. The van der Waals surface area contributed by atoms with Crippen LogP contribution in [0.4, 0.5) is 0 Å². The lowest BCUT2D eigenvalue weighted by Crippen LogP contribution is -2.59. The minimum Gasteiger partial charge on any atom is -0.483 e. The molecule has 0 bridgehead atoms. The van der Waals surface area contributed by atoms with E-state index in [9.17, 15) is 24.6 Å². The number of hydrogen-bond donors (Lipinski definition) is 4. The number of aliphatic hydroxyl groups is 2. The van der Waals surface area contributed by atoms with Crippen LogP contribution in [-0.2, 0) is 27.2 Å². The quantitative estimate of drug-likeness (QED) is 0.271. The number of para-hydroxylation sites is 1. The van der Waals surface area contributed by atoms with Gasteiger partial charge in [0.15, 0.2) is 12.7 Å². The van der Waals surface area contributed by atoms with Crippen LogP contribution in [0.15, 0.2) is 72.8 Å². The SMILES string of the molecule is Cc1cccc(C)c1OCC(=O)NC(Cc1ccccc1)C(O)C(=O)N1CSC(C)(C)C1C(=O)NC1c2ccccc2CC1O. The molecule has 45 heavy (non-hydrogen) atoms. The van der Waals surface area contributed by atoms with Crippen LogP contribution in [0.5, 0.6) is 5.75 Å². The van der Waals surface area contributed by atoms with E-state index in [4.69, 9.17) is 4.74 Å². The Morgan fingerprint density at radius 2 is 1.67 bits per heavy atom. The van der Waals surface area contributed by atoms with Gasteiger partial charge in [0.1, 0.15) is 11.8 Å². The van der Waals surface area contributed by atoms with Crippen molar-refractivity contribution in [1.29, 1.82) is 0 Å². The molecule has 4 N–H and O–H groups in total. The van der Waals surface area contributed by atoms with Gasteiger partial charge in [0, 0.05) is 11.2 Å². The number of thioether (sulfide) groups is 1. The van der Waals surface area contributed by atoms with Gasteiger partial charge in [0.05, 0.1) is 24.1 Å². The van der Waals surface area contributed by atoms with Gasteiger partial charge in [0.25, 0.3) is 11.8 Å². The van der Waals surface area contributed by atoms with Crippen molar-refractivity contribution in [2.45, 2.75) is 75.6 Å². The molecule has 5 atom stereocenters. The first-order valence-corrected chi connectivity index (χ1v) is 16.2. The maximum atomic E-state index is 14.0. The molecule has 0 radical (unpaired) electrons. The smallest absolute Gasteiger partial charge is 0.258 e. The summed E-state index contributed by atoms with van der Waals surface area (Å²) >= 11 is 1.44. The van der Waals surface area contributed by atoms with E-state index in [2.05, 4.69) is 10.6 Å². The highest BCUT2D eigenvalue weighted by atomic mass is 32.2. The predicted molar refractivity (Wildman–Crippen MR) is 174 cm³/mol. The lowest BCUT2D eigenvalue weighted by molar-refractivity contribution is -0.148. The van der Waals surface area contributed by atoms with E-state index in [-0.39, 0.29) is 18.9 Å². The summed E-state index contributed by atoms with van der Waals surface area (Å²) in [6.45, 7) is 7.27. The third-order valence-electron chi connectivity index (χ3n) is 8.61. The van der Waals surface area contributed by atoms with Gasteiger partial charge in [-0.1, -0.05) is 72.8 Å². The molecule has 3 aromatic carbocycles. The standard InChI is InChI=1S/C35H41N3O6S/c1-21-11-10-12-22(2)31(21)44-19-28(40)36-26(17-23-13-6-5-7-14-23)30(41)34(43)38-20-45-35(3,4)32(38)33(42)37-29-25-16-9-8-15-24(25)18-27(29)39/h5-16,26-27,29-30,32,39,41H,17-20H2,1-4H3,(H,36,40)(H,37,42). The van der Waals surface area contributed by atoms with Crippen molar-refractivity contribution in [2.75, 3.05) is 12.5 Å². The minimum atomic E-state index is -1.63. The van der Waals surface area contributed by atoms with Crippen molar-refractivity contribution in [3.8, 4) is 5.75 Å². The third kappa shape index (κ3) is 7.19. The average molecular weight is 632 g/mol. The maximum Gasteiger partial charge on any atom is 0.258 e. The molecule has 9 nitrogen and oxygen atoms in total. The lowest BCUT2D eigenvalue weighted by atomic mass is 9.96. The highest BCUT2D eigenvalue weighted by molar-refractivity contribution is 8.00. The molecule has 5 unspecified atom stereocenters. The van der Waals surface area contributed by atoms with E-state index in [0.717, 1.165) is 27.8 Å². The fraction of sp³-hybridized carbons (Fsp3) is 0.400. The molecule has 3 aromatic rings. The van der Waals surface area contributed by atoms with E-state index in [0.29, 0.717) is 12.2 Å². The monoisotopic (exact) mass is 631 g/mol. The second kappa shape index (κ2) is 13.6. The number of hydrogen-bond acceptors (Lipinski definition) is 7. The summed E-state index contributed by atoms with van der Waals surface area (Å²) in [4.78, 5) is 42.3. The van der Waals surface area contributed by atoms with Crippen molar-refractivity contribution in [3.05, 3.63) is 101 Å². The molecule has 0 saturated carbocycles. The van der Waals surface area contributed by atoms with Crippen molar-refractivity contribution >= 4 is 29.5 Å². The van der Waals surface area contributed by atoms with Crippen LogP contribution in [0.25, 0.3) is 0 Å². The zero-order valence-electron chi connectivity index (χ0n) is 26.0. The molecule has 1 saturated heterocycles. The van der Waals surface area contributed by atoms with E-state index >= 15 is 0 Å². The van der Waals surface area contributed by atoms with Crippen LogP contribution >= 0.6 is 11.8 Å². The summed E-state index contributed by atoms with van der Waals surface area (Å²) in [5.74, 6) is -0.741. The van der Waals surface area contributed by atoms with E-state index in [1.54, 1.807) is 0 Å². The van der Waals surface area contributed by atoms with Crippen LogP contribution in [0.2, 0.25) is 0 Å². The Morgan fingerprint density at radius 1 is 1.00 bits per heavy atom. The first-order valence-electron chi connectivity index (χ1n) is 15.2. The first kappa shape index (κ1) is 32.5. The molecule has 0 spiro atoms. The van der Waals surface area contributed by atoms with Crippen molar-refractivity contribution in [1.82, 2.24) is 15.5 Å². The molecule has 5 rings (SSSR count). The second-order valence-corrected chi connectivity index (χ2v) is 14.0. The van der Waals surface area contributed by atoms with E-state index < -0.39 is 52.8 Å². The number of nitrogens with one attached hydrogen (secondary N) is 2. The Bertz CT molecular complexity index is 1530. The van der Waals surface area contributed by atoms with Gasteiger partial charge in [-0.3, -0.25) is 14.4 Å². The second-order valence-electron chi connectivity index (χ2n) is 12.4. The fourth-order valence-corrected chi connectivity index (χ4v) is 7.40. The summed E-state index contributed by atoms with van der Waals surface area (Å²) in [6.07, 6.45) is -1.79. The highest BCUT2D eigenvalue weighted by Gasteiger charge is 2.50. The maximum absolute atomic E-state index is 14.0. The topological polar surface area (TPSA) is 128 Å². The number of amides is 3. The molecule has 1 aliphatic carbocycles. The molecule has 1 heterocycles. The molecule has 3 amide bonds. The van der Waals surface area contributed by atoms with Crippen LogP contribution in [-0.4, -0.2) is 74.4 Å². The Kier molecular flexibility index (Phi) is 9.86. The van der Waals surface area contributed by atoms with E-state index in [1.165, 1.54) is 16.7 Å². The zero-order valence-corrected chi connectivity index (χ0v) is 26.8. The Hall–Kier alpha value is -3.86.